The summed E-state index contributed by atoms with van der Waals surface area (Å²) in [4.78, 5) is 0. The van der Waals surface area contributed by atoms with Crippen LogP contribution >= 0.6 is 35.0 Å². The van der Waals surface area contributed by atoms with Crippen molar-refractivity contribution in [3.8, 4) is 0 Å². The van der Waals surface area contributed by atoms with E-state index in [0.29, 0.717) is 10.0 Å². The average molecular weight is 262 g/mol. The maximum atomic E-state index is 6.08. The minimum Gasteiger partial charge on any atom is -0.383 e. The van der Waals surface area contributed by atoms with Gasteiger partial charge in [0, 0.05) is 6.54 Å². The molecular weight excluding hydrogens is 249 g/mol. The summed E-state index contributed by atoms with van der Waals surface area (Å²) in [6.07, 6.45) is 1.30. The van der Waals surface area contributed by atoms with E-state index in [1.165, 1.54) is 17.9 Å². The molecule has 0 amide bonds. The van der Waals surface area contributed by atoms with E-state index in [-0.39, 0.29) is 0 Å². The molecule has 0 aromatic heterocycles. The van der Waals surface area contributed by atoms with Crippen LogP contribution in [-0.2, 0) is 0 Å². The Balaban J connectivity index is 1.95. The lowest BCUT2D eigenvalue weighted by atomic mass is 10.1. The van der Waals surface area contributed by atoms with Gasteiger partial charge in [-0.1, -0.05) is 29.3 Å². The summed E-state index contributed by atoms with van der Waals surface area (Å²) < 4.78 is 0. The van der Waals surface area contributed by atoms with Gasteiger partial charge >= 0.3 is 0 Å². The van der Waals surface area contributed by atoms with Crippen LogP contribution in [0.1, 0.15) is 6.42 Å². The minimum atomic E-state index is 0.613. The molecule has 2 rings (SSSR count). The molecule has 1 aromatic rings. The number of benzene rings is 1. The van der Waals surface area contributed by atoms with Gasteiger partial charge in [0.2, 0.25) is 0 Å². The van der Waals surface area contributed by atoms with Gasteiger partial charge in [0.1, 0.15) is 0 Å². The molecule has 1 saturated heterocycles. The van der Waals surface area contributed by atoms with Crippen molar-refractivity contribution < 1.29 is 0 Å². The standard InChI is InChI=1S/C11H13Cl2NS/c12-9-2-1-3-10(11(9)13)14-6-8-4-5-15-7-8/h1-3,8,14H,4-7H2. The zero-order valence-corrected chi connectivity index (χ0v) is 10.6. The number of nitrogens with one attached hydrogen (secondary N) is 1. The van der Waals surface area contributed by atoms with Crippen molar-refractivity contribution in [3.63, 3.8) is 0 Å². The molecule has 0 spiro atoms. The SMILES string of the molecule is Clc1cccc(NCC2CCSC2)c1Cl. The molecule has 1 fully saturated rings. The first kappa shape index (κ1) is 11.4. The molecule has 1 aromatic carbocycles. The zero-order chi connectivity index (χ0) is 10.7. The molecule has 1 N–H and O–H groups in total. The van der Waals surface area contributed by atoms with Crippen molar-refractivity contribution in [2.24, 2.45) is 5.92 Å². The van der Waals surface area contributed by atoms with Crippen LogP contribution < -0.4 is 5.32 Å². The van der Waals surface area contributed by atoms with Gasteiger partial charge in [0.15, 0.2) is 0 Å². The van der Waals surface area contributed by atoms with E-state index in [1.807, 2.05) is 23.9 Å². The highest BCUT2D eigenvalue weighted by Crippen LogP contribution is 2.30. The number of hydrogen-bond acceptors (Lipinski definition) is 2. The van der Waals surface area contributed by atoms with E-state index in [9.17, 15) is 0 Å². The number of anilines is 1. The summed E-state index contributed by atoms with van der Waals surface area (Å²) in [6, 6.07) is 5.69. The lowest BCUT2D eigenvalue weighted by Gasteiger charge is -2.12. The van der Waals surface area contributed by atoms with Crippen molar-refractivity contribution in [1.29, 1.82) is 0 Å². The molecule has 1 atom stereocenters. The fraction of sp³-hybridized carbons (Fsp3) is 0.455. The second-order valence-corrected chi connectivity index (χ2v) is 5.65. The number of halogens is 2. The third-order valence-corrected chi connectivity index (χ3v) is 4.61. The Kier molecular flexibility index (Phi) is 4.06. The highest BCUT2D eigenvalue weighted by molar-refractivity contribution is 7.99. The fourth-order valence-electron chi connectivity index (χ4n) is 1.64. The van der Waals surface area contributed by atoms with Gasteiger partial charge in [-0.2, -0.15) is 11.8 Å². The lowest BCUT2D eigenvalue weighted by molar-refractivity contribution is 0.632. The topological polar surface area (TPSA) is 12.0 Å². The minimum absolute atomic E-state index is 0.613. The van der Waals surface area contributed by atoms with Crippen LogP contribution in [0.15, 0.2) is 18.2 Å². The number of thioether (sulfide) groups is 1. The maximum absolute atomic E-state index is 6.08. The van der Waals surface area contributed by atoms with Gasteiger partial charge in [0.05, 0.1) is 15.7 Å². The number of hydrogen-bond donors (Lipinski definition) is 1. The predicted molar refractivity (Wildman–Crippen MR) is 70.4 cm³/mol. The predicted octanol–water partition coefficient (Wildman–Crippen LogP) is 4.16. The Labute approximate surface area is 105 Å². The highest BCUT2D eigenvalue weighted by Gasteiger charge is 2.15. The van der Waals surface area contributed by atoms with Crippen molar-refractivity contribution in [1.82, 2.24) is 0 Å². The molecule has 0 radical (unpaired) electrons. The van der Waals surface area contributed by atoms with E-state index in [4.69, 9.17) is 23.2 Å². The van der Waals surface area contributed by atoms with Crippen molar-refractivity contribution in [2.45, 2.75) is 6.42 Å². The molecule has 82 valence electrons. The van der Waals surface area contributed by atoms with Crippen LogP contribution in [-0.4, -0.2) is 18.1 Å². The van der Waals surface area contributed by atoms with E-state index in [1.54, 1.807) is 6.07 Å². The van der Waals surface area contributed by atoms with Gasteiger partial charge in [-0.15, -0.1) is 0 Å². The van der Waals surface area contributed by atoms with E-state index >= 15 is 0 Å². The van der Waals surface area contributed by atoms with Crippen LogP contribution in [0.25, 0.3) is 0 Å². The van der Waals surface area contributed by atoms with Gasteiger partial charge < -0.3 is 5.32 Å². The zero-order valence-electron chi connectivity index (χ0n) is 8.30. The molecule has 15 heavy (non-hydrogen) atoms. The molecule has 1 aliphatic rings. The molecule has 1 unspecified atom stereocenters. The van der Waals surface area contributed by atoms with Crippen molar-refractivity contribution >= 4 is 40.7 Å². The van der Waals surface area contributed by atoms with Crippen LogP contribution in [0, 0.1) is 5.92 Å². The van der Waals surface area contributed by atoms with Crippen LogP contribution in [0.4, 0.5) is 5.69 Å². The first-order valence-corrected chi connectivity index (χ1v) is 6.94. The molecular formula is C11H13Cl2NS. The molecule has 0 saturated carbocycles. The van der Waals surface area contributed by atoms with Gasteiger partial charge in [-0.3, -0.25) is 0 Å². The Morgan fingerprint density at radius 3 is 3.00 bits per heavy atom. The van der Waals surface area contributed by atoms with Crippen LogP contribution in [0.3, 0.4) is 0 Å². The third kappa shape index (κ3) is 2.96. The molecule has 0 aliphatic carbocycles. The maximum Gasteiger partial charge on any atom is 0.0823 e. The smallest absolute Gasteiger partial charge is 0.0823 e. The quantitative estimate of drug-likeness (QED) is 0.877. The normalized spacial score (nSPS) is 20.5. The summed E-state index contributed by atoms with van der Waals surface area (Å²) >= 11 is 14.0. The van der Waals surface area contributed by atoms with E-state index in [0.717, 1.165) is 18.2 Å². The highest BCUT2D eigenvalue weighted by atomic mass is 35.5. The van der Waals surface area contributed by atoms with Crippen LogP contribution in [0.2, 0.25) is 10.0 Å². The second kappa shape index (κ2) is 5.33. The molecule has 0 bridgehead atoms. The first-order valence-electron chi connectivity index (χ1n) is 5.03. The van der Waals surface area contributed by atoms with Gasteiger partial charge in [-0.05, 0) is 36.0 Å². The van der Waals surface area contributed by atoms with E-state index in [2.05, 4.69) is 5.32 Å². The Bertz CT molecular complexity index is 337. The molecule has 4 heteroatoms. The summed E-state index contributed by atoms with van der Waals surface area (Å²) in [5, 5.41) is 4.61. The van der Waals surface area contributed by atoms with Gasteiger partial charge in [0.25, 0.3) is 0 Å². The summed E-state index contributed by atoms with van der Waals surface area (Å²) in [5.41, 5.74) is 0.945. The van der Waals surface area contributed by atoms with Gasteiger partial charge in [-0.25, -0.2) is 0 Å². The average Bonchev–Trinajstić information content (AvgIpc) is 2.73. The number of rotatable bonds is 3. The monoisotopic (exact) mass is 261 g/mol. The lowest BCUT2D eigenvalue weighted by Crippen LogP contribution is -2.13. The summed E-state index contributed by atoms with van der Waals surface area (Å²) in [5.74, 6) is 3.31. The summed E-state index contributed by atoms with van der Waals surface area (Å²) in [7, 11) is 0. The van der Waals surface area contributed by atoms with Crippen molar-refractivity contribution in [2.75, 3.05) is 23.4 Å². The largest absolute Gasteiger partial charge is 0.383 e. The first-order chi connectivity index (χ1) is 7.27. The van der Waals surface area contributed by atoms with E-state index < -0.39 is 0 Å². The third-order valence-electron chi connectivity index (χ3n) is 2.56. The molecule has 1 nitrogen and oxygen atoms in total. The Hall–Kier alpha value is -0.0500. The fourth-order valence-corrected chi connectivity index (χ4v) is 3.29. The van der Waals surface area contributed by atoms with Crippen molar-refractivity contribution in [3.05, 3.63) is 28.2 Å². The summed E-state index contributed by atoms with van der Waals surface area (Å²) in [6.45, 7) is 0.993. The molecule has 1 heterocycles. The van der Waals surface area contributed by atoms with Crippen LogP contribution in [0.5, 0.6) is 0 Å². The Morgan fingerprint density at radius 1 is 1.40 bits per heavy atom. The Morgan fingerprint density at radius 2 is 2.27 bits per heavy atom. The second-order valence-electron chi connectivity index (χ2n) is 3.71. The molecule has 1 aliphatic heterocycles.